The summed E-state index contributed by atoms with van der Waals surface area (Å²) in [6, 6.07) is 0. The molecule has 0 spiro atoms. The van der Waals surface area contributed by atoms with Crippen LogP contribution in [0.1, 0.15) is 0 Å². The van der Waals surface area contributed by atoms with Gasteiger partial charge >= 0.3 is 15.6 Å². The van der Waals surface area contributed by atoms with Gasteiger partial charge in [0.15, 0.2) is 8.32 Å². The summed E-state index contributed by atoms with van der Waals surface area (Å²) in [6.45, 7) is 5.14. The maximum atomic E-state index is 10.2. The lowest BCUT2D eigenvalue weighted by Gasteiger charge is -2.16. The minimum Gasteiger partial charge on any atom is -0.330 e. The largest absolute Gasteiger partial charge is 0.466 e. The standard InChI is InChI=1S/C3H11O4PSi.H3O4P/c1-9(2,3)7-8(4,5)6;1-5(2,3)4/h1-3H3,(H2,4,5,6);(H3,1,2,3,4). The summed E-state index contributed by atoms with van der Waals surface area (Å²) in [5, 5.41) is 0. The van der Waals surface area contributed by atoms with Crippen LogP contribution in [0.4, 0.5) is 0 Å². The van der Waals surface area contributed by atoms with E-state index in [0.717, 1.165) is 0 Å². The van der Waals surface area contributed by atoms with Gasteiger partial charge in [-0.05, 0) is 19.6 Å². The van der Waals surface area contributed by atoms with Crippen LogP contribution in [-0.2, 0) is 13.3 Å². The monoisotopic (exact) mass is 268 g/mol. The van der Waals surface area contributed by atoms with Gasteiger partial charge in [-0.3, -0.25) is 0 Å². The first kappa shape index (κ1) is 16.9. The zero-order chi connectivity index (χ0) is 12.2. The lowest BCUT2D eigenvalue weighted by atomic mass is 11.8. The predicted octanol–water partition coefficient (Wildman–Crippen LogP) is 0.00200. The van der Waals surface area contributed by atoms with E-state index in [1.54, 1.807) is 19.6 Å². The Morgan fingerprint density at radius 3 is 1.14 bits per heavy atom. The Hall–Kier alpha value is 0.437. The molecular weight excluding hydrogens is 254 g/mol. The molecule has 0 bridgehead atoms. The van der Waals surface area contributed by atoms with Crippen LogP contribution < -0.4 is 0 Å². The topological polar surface area (TPSA) is 145 Å². The Balaban J connectivity index is 0. The van der Waals surface area contributed by atoms with Crippen molar-refractivity contribution < 1.29 is 37.8 Å². The van der Waals surface area contributed by atoms with Crippen molar-refractivity contribution in [1.29, 1.82) is 0 Å². The van der Waals surface area contributed by atoms with Crippen molar-refractivity contribution in [1.82, 2.24) is 0 Å². The first-order valence-corrected chi connectivity index (χ1v) is 9.76. The van der Waals surface area contributed by atoms with Crippen LogP contribution >= 0.6 is 15.6 Å². The van der Waals surface area contributed by atoms with E-state index in [0.29, 0.717) is 0 Å². The van der Waals surface area contributed by atoms with Gasteiger partial charge in [0.1, 0.15) is 0 Å². The summed E-state index contributed by atoms with van der Waals surface area (Å²) in [7, 11) is -10.9. The average Bonchev–Trinajstić information content (AvgIpc) is 1.42. The van der Waals surface area contributed by atoms with Crippen molar-refractivity contribution in [2.45, 2.75) is 19.6 Å². The Bertz CT molecular complexity index is 238. The molecule has 0 saturated carbocycles. The van der Waals surface area contributed by atoms with Crippen molar-refractivity contribution in [2.75, 3.05) is 0 Å². The van der Waals surface area contributed by atoms with E-state index in [-0.39, 0.29) is 0 Å². The van der Waals surface area contributed by atoms with Gasteiger partial charge in [0.25, 0.3) is 0 Å². The highest BCUT2D eigenvalue weighted by Crippen LogP contribution is 2.39. The molecule has 0 aliphatic heterocycles. The van der Waals surface area contributed by atoms with Crippen LogP contribution in [0.25, 0.3) is 0 Å². The second-order valence-electron chi connectivity index (χ2n) is 3.21. The highest BCUT2D eigenvalue weighted by Gasteiger charge is 2.25. The fourth-order valence-corrected chi connectivity index (χ4v) is 3.21. The van der Waals surface area contributed by atoms with E-state index in [2.05, 4.69) is 4.21 Å². The van der Waals surface area contributed by atoms with Crippen LogP contribution in [0, 0.1) is 0 Å². The Labute approximate surface area is 82.2 Å². The van der Waals surface area contributed by atoms with E-state index >= 15 is 0 Å². The van der Waals surface area contributed by atoms with Crippen molar-refractivity contribution in [3.63, 3.8) is 0 Å². The van der Waals surface area contributed by atoms with Crippen molar-refractivity contribution in [3.8, 4) is 0 Å². The highest BCUT2D eigenvalue weighted by molar-refractivity contribution is 7.48. The lowest BCUT2D eigenvalue weighted by Crippen LogP contribution is -2.23. The summed E-state index contributed by atoms with van der Waals surface area (Å²) in [6.07, 6.45) is 0. The Morgan fingerprint density at radius 2 is 1.14 bits per heavy atom. The molecule has 0 heterocycles. The van der Waals surface area contributed by atoms with Gasteiger partial charge < -0.3 is 28.7 Å². The molecule has 0 saturated heterocycles. The Kier molecular flexibility index (Phi) is 6.62. The number of phosphoric acid groups is 2. The molecule has 0 rings (SSSR count). The summed E-state index contributed by atoms with van der Waals surface area (Å²) in [5.74, 6) is 0. The van der Waals surface area contributed by atoms with Crippen LogP contribution in [0.3, 0.4) is 0 Å². The van der Waals surface area contributed by atoms with E-state index < -0.39 is 24.0 Å². The molecule has 0 aliphatic rings. The fraction of sp³-hybridized carbons (Fsp3) is 1.00. The Morgan fingerprint density at radius 1 is 0.929 bits per heavy atom. The van der Waals surface area contributed by atoms with Gasteiger partial charge in [-0.15, -0.1) is 0 Å². The molecule has 88 valence electrons. The van der Waals surface area contributed by atoms with E-state index in [9.17, 15) is 4.57 Å². The summed E-state index contributed by atoms with van der Waals surface area (Å²) in [4.78, 5) is 38.1. The lowest BCUT2D eigenvalue weighted by molar-refractivity contribution is 0.274. The zero-order valence-electron chi connectivity index (χ0n) is 7.86. The van der Waals surface area contributed by atoms with Gasteiger partial charge in [0.2, 0.25) is 0 Å². The second kappa shape index (κ2) is 5.50. The number of hydrogen-bond donors (Lipinski definition) is 5. The third kappa shape index (κ3) is 39.3. The summed E-state index contributed by atoms with van der Waals surface area (Å²) < 4.78 is 23.5. The zero-order valence-corrected chi connectivity index (χ0v) is 10.6. The van der Waals surface area contributed by atoms with E-state index in [1.165, 1.54) is 0 Å². The minimum absolute atomic E-state index is 1.71. The second-order valence-corrected chi connectivity index (χ2v) is 10.2. The highest BCUT2D eigenvalue weighted by atomic mass is 31.2. The molecule has 8 nitrogen and oxygen atoms in total. The van der Waals surface area contributed by atoms with Gasteiger partial charge in [-0.2, -0.15) is 0 Å². The molecule has 5 N–H and O–H groups in total. The number of rotatable bonds is 2. The fourth-order valence-electron chi connectivity index (χ4n) is 0.357. The quantitative estimate of drug-likeness (QED) is 0.347. The molecule has 0 unspecified atom stereocenters. The van der Waals surface area contributed by atoms with Crippen LogP contribution in [-0.4, -0.2) is 32.8 Å². The smallest absolute Gasteiger partial charge is 0.330 e. The van der Waals surface area contributed by atoms with Crippen molar-refractivity contribution in [3.05, 3.63) is 0 Å². The minimum atomic E-state index is -4.64. The maximum Gasteiger partial charge on any atom is 0.466 e. The first-order chi connectivity index (χ1) is 5.71. The van der Waals surface area contributed by atoms with E-state index in [1.807, 2.05) is 0 Å². The third-order valence-corrected chi connectivity index (χ3v) is 3.54. The SMILES string of the molecule is C[Si](C)(C)OP(=O)(O)O.O=P(O)(O)O. The molecule has 0 aromatic carbocycles. The summed E-state index contributed by atoms with van der Waals surface area (Å²) in [5.41, 5.74) is 0. The molecule has 0 aromatic heterocycles. The maximum absolute atomic E-state index is 10.2. The molecule has 0 fully saturated rings. The number of hydrogen-bond acceptors (Lipinski definition) is 3. The molecule has 0 aliphatic carbocycles. The molecule has 0 aromatic rings. The molecule has 14 heavy (non-hydrogen) atoms. The molecule has 0 amide bonds. The van der Waals surface area contributed by atoms with Gasteiger partial charge in [-0.1, -0.05) is 0 Å². The van der Waals surface area contributed by atoms with Crippen LogP contribution in [0.5, 0.6) is 0 Å². The molecular formula is C3H14O8P2Si. The van der Waals surface area contributed by atoms with Crippen molar-refractivity contribution >= 4 is 24.0 Å². The average molecular weight is 268 g/mol. The van der Waals surface area contributed by atoms with Gasteiger partial charge in [-0.25, -0.2) is 9.13 Å². The third-order valence-electron chi connectivity index (χ3n) is 0.393. The van der Waals surface area contributed by atoms with Crippen LogP contribution in [0.15, 0.2) is 0 Å². The predicted molar refractivity (Wildman–Crippen MR) is 50.7 cm³/mol. The first-order valence-electron chi connectivity index (χ1n) is 3.25. The van der Waals surface area contributed by atoms with Crippen molar-refractivity contribution in [2.24, 2.45) is 0 Å². The van der Waals surface area contributed by atoms with E-state index in [4.69, 9.17) is 29.0 Å². The molecule has 0 radical (unpaired) electrons. The molecule has 0 atom stereocenters. The summed E-state index contributed by atoms with van der Waals surface area (Å²) >= 11 is 0. The normalized spacial score (nSPS) is 13.1. The molecule has 11 heteroatoms. The van der Waals surface area contributed by atoms with Crippen LogP contribution in [0.2, 0.25) is 19.6 Å². The van der Waals surface area contributed by atoms with Gasteiger partial charge in [0.05, 0.1) is 0 Å². The van der Waals surface area contributed by atoms with Gasteiger partial charge in [0, 0.05) is 0 Å².